The van der Waals surface area contributed by atoms with Crippen molar-refractivity contribution in [2.75, 3.05) is 0 Å². The summed E-state index contributed by atoms with van der Waals surface area (Å²) in [6.45, 7) is 13.2. The fourth-order valence-corrected chi connectivity index (χ4v) is 2.32. The molecule has 0 amide bonds. The topological polar surface area (TPSA) is 25.8 Å². The molecule has 17 heavy (non-hydrogen) atoms. The summed E-state index contributed by atoms with van der Waals surface area (Å²) in [7, 11) is 0. The Hall–Kier alpha value is -1.18. The molecule has 0 aromatic carbocycles. The number of hydrogen-bond acceptors (Lipinski definition) is 2. The molecule has 0 bridgehead atoms. The quantitative estimate of drug-likeness (QED) is 0.680. The first kappa shape index (κ1) is 12.3. The molecular formula is C15H22N2. The van der Waals surface area contributed by atoms with Crippen LogP contribution in [0.15, 0.2) is 6.08 Å². The molecule has 0 unspecified atom stereocenters. The lowest BCUT2D eigenvalue weighted by atomic mass is 9.83. The number of allylic oxidation sites excluding steroid dienone is 1. The van der Waals surface area contributed by atoms with E-state index in [4.69, 9.17) is 0 Å². The van der Waals surface area contributed by atoms with Gasteiger partial charge in [-0.05, 0) is 12.0 Å². The molecule has 0 saturated heterocycles. The third-order valence-corrected chi connectivity index (χ3v) is 3.14. The highest BCUT2D eigenvalue weighted by Gasteiger charge is 2.29. The molecule has 1 heterocycles. The summed E-state index contributed by atoms with van der Waals surface area (Å²) in [6.07, 6.45) is 5.43. The van der Waals surface area contributed by atoms with Crippen LogP contribution in [0.3, 0.4) is 0 Å². The zero-order chi connectivity index (χ0) is 12.8. The van der Waals surface area contributed by atoms with Crippen molar-refractivity contribution in [3.63, 3.8) is 0 Å². The minimum absolute atomic E-state index is 0.0577. The molecule has 0 N–H and O–H groups in total. The van der Waals surface area contributed by atoms with Gasteiger partial charge in [0.15, 0.2) is 0 Å². The Balaban J connectivity index is 2.65. The van der Waals surface area contributed by atoms with Crippen molar-refractivity contribution in [3.8, 4) is 0 Å². The fourth-order valence-electron chi connectivity index (χ4n) is 2.32. The van der Waals surface area contributed by atoms with E-state index >= 15 is 0 Å². The van der Waals surface area contributed by atoms with Gasteiger partial charge in [-0.2, -0.15) is 10.2 Å². The highest BCUT2D eigenvalue weighted by atomic mass is 15.1. The fraction of sp³-hybridized carbons (Fsp3) is 0.600. The maximum absolute atomic E-state index is 4.50. The maximum Gasteiger partial charge on any atom is 0.0759 e. The predicted octanol–water partition coefficient (Wildman–Crippen LogP) is 3.64. The van der Waals surface area contributed by atoms with Crippen LogP contribution in [0.1, 0.15) is 64.1 Å². The average molecular weight is 230 g/mol. The lowest BCUT2D eigenvalue weighted by molar-refractivity contribution is 0.521. The summed E-state index contributed by atoms with van der Waals surface area (Å²) in [6, 6.07) is 0. The molecule has 0 spiro atoms. The lowest BCUT2D eigenvalue weighted by Crippen LogP contribution is -2.23. The van der Waals surface area contributed by atoms with Gasteiger partial charge in [0.05, 0.1) is 11.4 Å². The van der Waals surface area contributed by atoms with Crippen LogP contribution in [-0.2, 0) is 17.3 Å². The van der Waals surface area contributed by atoms with Crippen LogP contribution < -0.4 is 0 Å². The third kappa shape index (κ3) is 2.13. The van der Waals surface area contributed by atoms with E-state index in [1.807, 2.05) is 0 Å². The van der Waals surface area contributed by atoms with Crippen LogP contribution in [-0.4, -0.2) is 10.2 Å². The summed E-state index contributed by atoms with van der Waals surface area (Å²) in [5, 5.41) is 8.98. The van der Waals surface area contributed by atoms with Gasteiger partial charge >= 0.3 is 0 Å². The molecule has 1 aliphatic carbocycles. The minimum Gasteiger partial charge on any atom is -0.154 e. The molecule has 1 aliphatic rings. The first-order valence-electron chi connectivity index (χ1n) is 6.28. The Kier molecular flexibility index (Phi) is 2.64. The normalized spacial score (nSPS) is 15.2. The smallest absolute Gasteiger partial charge is 0.0759 e. The standard InChI is InChI=1S/C15H22N2/c1-14(2,3)12-10-8-7-9-11(10)13(17-16-12)15(4,5)6/h7-8H,9H2,1-6H3. The van der Waals surface area contributed by atoms with E-state index in [-0.39, 0.29) is 10.8 Å². The molecule has 92 valence electrons. The molecule has 2 heteroatoms. The van der Waals surface area contributed by atoms with Gasteiger partial charge in [0, 0.05) is 16.4 Å². The van der Waals surface area contributed by atoms with E-state index in [0.717, 1.165) is 17.8 Å². The Morgan fingerprint density at radius 2 is 1.41 bits per heavy atom. The van der Waals surface area contributed by atoms with Crippen LogP contribution in [0, 0.1) is 0 Å². The van der Waals surface area contributed by atoms with Gasteiger partial charge in [-0.15, -0.1) is 0 Å². The Morgan fingerprint density at radius 3 is 1.94 bits per heavy atom. The zero-order valence-corrected chi connectivity index (χ0v) is 11.8. The largest absolute Gasteiger partial charge is 0.154 e. The molecule has 1 aromatic heterocycles. The Labute approximate surface area is 104 Å². The first-order valence-corrected chi connectivity index (χ1v) is 6.28. The van der Waals surface area contributed by atoms with Crippen molar-refractivity contribution < 1.29 is 0 Å². The van der Waals surface area contributed by atoms with E-state index in [9.17, 15) is 0 Å². The summed E-state index contributed by atoms with van der Waals surface area (Å²) in [4.78, 5) is 0. The highest BCUT2D eigenvalue weighted by Crippen LogP contribution is 2.35. The van der Waals surface area contributed by atoms with E-state index in [1.54, 1.807) is 0 Å². The van der Waals surface area contributed by atoms with Gasteiger partial charge in [0.25, 0.3) is 0 Å². The summed E-state index contributed by atoms with van der Waals surface area (Å²) in [5.74, 6) is 0. The van der Waals surface area contributed by atoms with Crippen LogP contribution in [0.2, 0.25) is 0 Å². The Bertz CT molecular complexity index is 471. The van der Waals surface area contributed by atoms with Gasteiger partial charge in [-0.3, -0.25) is 0 Å². The summed E-state index contributed by atoms with van der Waals surface area (Å²) >= 11 is 0. The van der Waals surface area contributed by atoms with Crippen LogP contribution in [0.5, 0.6) is 0 Å². The molecule has 2 rings (SSSR count). The van der Waals surface area contributed by atoms with Crippen molar-refractivity contribution in [3.05, 3.63) is 28.6 Å². The number of rotatable bonds is 0. The zero-order valence-electron chi connectivity index (χ0n) is 11.8. The van der Waals surface area contributed by atoms with Crippen LogP contribution >= 0.6 is 0 Å². The Morgan fingerprint density at radius 1 is 0.882 bits per heavy atom. The second-order valence-electron chi connectivity index (χ2n) is 6.90. The molecule has 0 aliphatic heterocycles. The summed E-state index contributed by atoms with van der Waals surface area (Å²) < 4.78 is 0. The molecule has 0 radical (unpaired) electrons. The second kappa shape index (κ2) is 3.66. The molecule has 0 atom stereocenters. The minimum atomic E-state index is 0.0577. The van der Waals surface area contributed by atoms with Crippen LogP contribution in [0.25, 0.3) is 6.08 Å². The highest BCUT2D eigenvalue weighted by molar-refractivity contribution is 5.64. The average Bonchev–Trinajstić information content (AvgIpc) is 2.60. The monoisotopic (exact) mass is 230 g/mol. The molecule has 0 fully saturated rings. The third-order valence-electron chi connectivity index (χ3n) is 3.14. The van der Waals surface area contributed by atoms with Crippen molar-refractivity contribution in [2.45, 2.75) is 58.8 Å². The SMILES string of the molecule is CC(C)(C)c1nnc(C(C)(C)C)c2c1C=CC2. The van der Waals surface area contributed by atoms with Gasteiger partial charge in [0.2, 0.25) is 0 Å². The lowest BCUT2D eigenvalue weighted by Gasteiger charge is -2.25. The number of nitrogens with zero attached hydrogens (tertiary/aromatic N) is 2. The van der Waals surface area contributed by atoms with Crippen molar-refractivity contribution in [1.29, 1.82) is 0 Å². The van der Waals surface area contributed by atoms with E-state index in [1.165, 1.54) is 11.1 Å². The number of fused-ring (bicyclic) bond motifs is 1. The van der Waals surface area contributed by atoms with Crippen molar-refractivity contribution >= 4 is 6.08 Å². The van der Waals surface area contributed by atoms with E-state index in [2.05, 4.69) is 63.9 Å². The molecule has 2 nitrogen and oxygen atoms in total. The molecule has 1 aromatic rings. The molecular weight excluding hydrogens is 208 g/mol. The van der Waals surface area contributed by atoms with Gasteiger partial charge < -0.3 is 0 Å². The molecule has 0 saturated carbocycles. The van der Waals surface area contributed by atoms with Gasteiger partial charge in [-0.25, -0.2) is 0 Å². The van der Waals surface area contributed by atoms with Gasteiger partial charge in [-0.1, -0.05) is 53.7 Å². The number of aromatic nitrogens is 2. The van der Waals surface area contributed by atoms with E-state index in [0.29, 0.717) is 0 Å². The van der Waals surface area contributed by atoms with Crippen LogP contribution in [0.4, 0.5) is 0 Å². The number of hydrogen-bond donors (Lipinski definition) is 0. The van der Waals surface area contributed by atoms with E-state index < -0.39 is 0 Å². The second-order valence-corrected chi connectivity index (χ2v) is 6.90. The maximum atomic E-state index is 4.50. The van der Waals surface area contributed by atoms with Crippen molar-refractivity contribution in [2.24, 2.45) is 0 Å². The predicted molar refractivity (Wildman–Crippen MR) is 72.2 cm³/mol. The van der Waals surface area contributed by atoms with Crippen molar-refractivity contribution in [1.82, 2.24) is 10.2 Å². The van der Waals surface area contributed by atoms with Gasteiger partial charge in [0.1, 0.15) is 0 Å². The summed E-state index contributed by atoms with van der Waals surface area (Å²) in [5.41, 5.74) is 5.07. The first-order chi connectivity index (χ1) is 7.71.